The normalized spacial score (nSPS) is 13.2. The van der Waals surface area contributed by atoms with Crippen LogP contribution in [0.2, 0.25) is 0 Å². The number of hydrogen-bond acceptors (Lipinski definition) is 9. The Balaban J connectivity index is 3.01. The number of carbonyl (C=O) groups excluding carboxylic acids is 4. The van der Waals surface area contributed by atoms with Crippen molar-refractivity contribution in [3.8, 4) is 18.4 Å². The van der Waals surface area contributed by atoms with Crippen LogP contribution in [0.15, 0.2) is 30.3 Å². The summed E-state index contributed by atoms with van der Waals surface area (Å²) in [7, 11) is -1.59. The van der Waals surface area contributed by atoms with Gasteiger partial charge in [-0.1, -0.05) is 36.3 Å². The Morgan fingerprint density at radius 3 is 2.19 bits per heavy atom. The number of ether oxygens (including phenoxy) is 1. The van der Waals surface area contributed by atoms with Gasteiger partial charge in [0.2, 0.25) is 11.8 Å². The number of terminal acetylenes is 1. The van der Waals surface area contributed by atoms with Gasteiger partial charge in [0, 0.05) is 25.0 Å². The number of halogens is 3. The van der Waals surface area contributed by atoms with E-state index in [0.717, 1.165) is 5.56 Å². The van der Waals surface area contributed by atoms with E-state index in [-0.39, 0.29) is 77.0 Å². The van der Waals surface area contributed by atoms with Crippen molar-refractivity contribution in [3.63, 3.8) is 0 Å². The molecule has 0 spiro atoms. The number of benzene rings is 1. The Hall–Kier alpha value is -3.75. The number of esters is 1. The molecule has 1 aromatic carbocycles. The van der Waals surface area contributed by atoms with Gasteiger partial charge in [0.1, 0.15) is 18.7 Å². The molecule has 3 unspecified atom stereocenters. The van der Waals surface area contributed by atoms with Crippen molar-refractivity contribution < 1.29 is 46.1 Å². The molecule has 0 aliphatic carbocycles. The van der Waals surface area contributed by atoms with E-state index < -0.39 is 50.5 Å². The van der Waals surface area contributed by atoms with Gasteiger partial charge in [0.15, 0.2) is 0 Å². The number of nitrogens with zero attached hydrogens (tertiary/aromatic N) is 2. The second-order valence-corrected chi connectivity index (χ2v) is 12.5. The highest BCUT2D eigenvalue weighted by Crippen LogP contribution is 2.45. The molecule has 0 aromatic heterocycles. The monoisotopic (exact) mass is 699 g/mol. The van der Waals surface area contributed by atoms with Crippen LogP contribution < -0.4 is 16.0 Å². The number of nitriles is 1. The fourth-order valence-corrected chi connectivity index (χ4v) is 5.94. The molecule has 1 aromatic rings. The van der Waals surface area contributed by atoms with Gasteiger partial charge in [-0.2, -0.15) is 18.4 Å². The lowest BCUT2D eigenvalue weighted by Crippen LogP contribution is -2.52. The molecule has 16 heteroatoms. The van der Waals surface area contributed by atoms with Crippen LogP contribution in [0.1, 0.15) is 65.4 Å². The van der Waals surface area contributed by atoms with Gasteiger partial charge in [-0.05, 0) is 52.5 Å². The highest BCUT2D eigenvalue weighted by molar-refractivity contribution is 7.44. The molecule has 48 heavy (non-hydrogen) atoms. The van der Waals surface area contributed by atoms with Gasteiger partial charge in [0.25, 0.3) is 8.53 Å². The minimum Gasteiger partial charge on any atom is -0.462 e. The summed E-state index contributed by atoms with van der Waals surface area (Å²) in [5.41, 5.74) is 0.723. The first-order valence-electron chi connectivity index (χ1n) is 15.5. The molecule has 0 saturated heterocycles. The van der Waals surface area contributed by atoms with Crippen molar-refractivity contribution in [2.45, 2.75) is 96.6 Å². The number of hydrogen-bond donors (Lipinski definition) is 3. The lowest BCUT2D eigenvalue weighted by molar-refractivity contribution is -0.173. The average molecular weight is 700 g/mol. The Kier molecular flexibility index (Phi) is 20.0. The third-order valence-corrected chi connectivity index (χ3v) is 8.56. The van der Waals surface area contributed by atoms with Crippen LogP contribution in [-0.4, -0.2) is 85.1 Å². The van der Waals surface area contributed by atoms with Crippen LogP contribution in [0.4, 0.5) is 13.2 Å². The van der Waals surface area contributed by atoms with Crippen LogP contribution in [0.3, 0.4) is 0 Å². The summed E-state index contributed by atoms with van der Waals surface area (Å²) in [6.07, 6.45) is 0.348. The van der Waals surface area contributed by atoms with Crippen molar-refractivity contribution in [3.05, 3.63) is 35.9 Å². The standard InChI is InChI=1S/C32H45F3N5O7P/c1-6-13-28(41)38-27(22-25-14-8-7-9-15-25)29(42)39-26(16-10-11-18-37-31(44)32(33,34)35)30(43)45-20-21-47-48(46-19-12-17-36)40(23(2)3)24(4)5/h1,7-9,14-15,23-24,26-27H,10-13,16,18-22H2,2-5H3,(H,37,44)(H,38,41)(H,39,42). The summed E-state index contributed by atoms with van der Waals surface area (Å²) >= 11 is 0. The quantitative estimate of drug-likeness (QED) is 0.0706. The van der Waals surface area contributed by atoms with Crippen LogP contribution in [0, 0.1) is 23.7 Å². The van der Waals surface area contributed by atoms with E-state index in [1.54, 1.807) is 35.6 Å². The van der Waals surface area contributed by atoms with Gasteiger partial charge in [-0.3, -0.25) is 14.4 Å². The first kappa shape index (κ1) is 42.3. The molecule has 3 amide bonds. The van der Waals surface area contributed by atoms with Crippen molar-refractivity contribution in [1.29, 1.82) is 5.26 Å². The summed E-state index contributed by atoms with van der Waals surface area (Å²) in [4.78, 5) is 50.0. The van der Waals surface area contributed by atoms with Crippen molar-refractivity contribution in [1.82, 2.24) is 20.6 Å². The molecular weight excluding hydrogens is 654 g/mol. The fraction of sp³-hybridized carbons (Fsp3) is 0.594. The van der Waals surface area contributed by atoms with Crippen molar-refractivity contribution in [2.75, 3.05) is 26.4 Å². The van der Waals surface area contributed by atoms with E-state index >= 15 is 0 Å². The van der Waals surface area contributed by atoms with Crippen LogP contribution in [0.25, 0.3) is 0 Å². The first-order valence-corrected chi connectivity index (χ1v) is 16.6. The summed E-state index contributed by atoms with van der Waals surface area (Å²) in [5, 5.41) is 15.8. The summed E-state index contributed by atoms with van der Waals surface area (Å²) < 4.78 is 56.7. The second-order valence-electron chi connectivity index (χ2n) is 11.0. The van der Waals surface area contributed by atoms with Crippen LogP contribution in [0.5, 0.6) is 0 Å². The summed E-state index contributed by atoms with van der Waals surface area (Å²) in [6.45, 7) is 7.42. The Morgan fingerprint density at radius 1 is 0.958 bits per heavy atom. The highest BCUT2D eigenvalue weighted by atomic mass is 31.2. The minimum absolute atomic E-state index is 0.0395. The predicted octanol–water partition coefficient (Wildman–Crippen LogP) is 3.91. The van der Waals surface area contributed by atoms with E-state index in [1.807, 2.05) is 38.4 Å². The number of nitrogens with one attached hydrogen (secondary N) is 3. The molecule has 3 N–H and O–H groups in total. The van der Waals surface area contributed by atoms with Gasteiger partial charge < -0.3 is 29.7 Å². The largest absolute Gasteiger partial charge is 0.471 e. The maximum atomic E-state index is 13.4. The van der Waals surface area contributed by atoms with Gasteiger partial charge in [-0.25, -0.2) is 9.46 Å². The number of unbranched alkanes of at least 4 members (excludes halogenated alkanes) is 1. The molecule has 0 radical (unpaired) electrons. The number of amides is 3. The Labute approximate surface area is 281 Å². The Bertz CT molecular complexity index is 1230. The van der Waals surface area contributed by atoms with E-state index in [2.05, 4.69) is 16.6 Å². The SMILES string of the molecule is C#CCC(=O)NC(Cc1ccccc1)C(=O)NC(CCCCNC(=O)C(F)(F)F)C(=O)OCCOP(OCCC#N)N(C(C)C)C(C)C. The van der Waals surface area contributed by atoms with E-state index in [9.17, 15) is 32.3 Å². The van der Waals surface area contributed by atoms with Gasteiger partial charge >= 0.3 is 18.1 Å². The topological polar surface area (TPSA) is 159 Å². The van der Waals surface area contributed by atoms with Gasteiger partial charge in [0.05, 0.1) is 32.1 Å². The molecule has 266 valence electrons. The van der Waals surface area contributed by atoms with Gasteiger partial charge in [-0.15, -0.1) is 6.42 Å². The maximum Gasteiger partial charge on any atom is 0.471 e. The zero-order valence-corrected chi connectivity index (χ0v) is 28.6. The minimum atomic E-state index is -5.03. The fourth-order valence-electron chi connectivity index (χ4n) is 4.37. The third-order valence-electron chi connectivity index (χ3n) is 6.45. The molecule has 1 rings (SSSR count). The molecule has 0 aliphatic rings. The lowest BCUT2D eigenvalue weighted by atomic mass is 10.0. The van der Waals surface area contributed by atoms with E-state index in [0.29, 0.717) is 0 Å². The zero-order chi connectivity index (χ0) is 36.1. The number of alkyl halides is 3. The zero-order valence-electron chi connectivity index (χ0n) is 27.7. The molecule has 3 atom stereocenters. The second kappa shape index (κ2) is 22.8. The highest BCUT2D eigenvalue weighted by Gasteiger charge is 2.38. The molecule has 0 aliphatic heterocycles. The van der Waals surface area contributed by atoms with E-state index in [4.69, 9.17) is 25.5 Å². The lowest BCUT2D eigenvalue weighted by Gasteiger charge is -2.35. The molecule has 12 nitrogen and oxygen atoms in total. The van der Waals surface area contributed by atoms with Crippen LogP contribution in [-0.2, 0) is 39.4 Å². The molecule has 0 fully saturated rings. The summed E-state index contributed by atoms with van der Waals surface area (Å²) in [6, 6.07) is 8.58. The first-order chi connectivity index (χ1) is 22.7. The van der Waals surface area contributed by atoms with E-state index in [1.165, 1.54) is 0 Å². The van der Waals surface area contributed by atoms with Crippen molar-refractivity contribution >= 4 is 32.2 Å². The molecule has 0 bridgehead atoms. The third kappa shape index (κ3) is 16.9. The molecule has 0 heterocycles. The number of rotatable bonds is 22. The average Bonchev–Trinajstić information content (AvgIpc) is 3.01. The van der Waals surface area contributed by atoms with Crippen molar-refractivity contribution in [2.24, 2.45) is 0 Å². The molecule has 0 saturated carbocycles. The number of carbonyl (C=O) groups is 4. The maximum absolute atomic E-state index is 13.4. The smallest absolute Gasteiger partial charge is 0.462 e. The van der Waals surface area contributed by atoms with Crippen LogP contribution >= 0.6 is 8.53 Å². The Morgan fingerprint density at radius 2 is 1.60 bits per heavy atom. The molecular formula is C32H45F3N5O7P. The predicted molar refractivity (Wildman–Crippen MR) is 172 cm³/mol. The summed E-state index contributed by atoms with van der Waals surface area (Å²) in [5.74, 6) is -1.98.